The Morgan fingerprint density at radius 3 is 2.78 bits per heavy atom. The number of aromatic nitrogens is 5. The van der Waals surface area contributed by atoms with Crippen molar-refractivity contribution in [3.05, 3.63) is 63.3 Å². The maximum atomic E-state index is 12.3. The number of hydrogen-bond acceptors (Lipinski definition) is 7. The van der Waals surface area contributed by atoms with E-state index in [-0.39, 0.29) is 5.69 Å². The number of nitrogen functional groups attached to an aromatic ring is 1. The van der Waals surface area contributed by atoms with E-state index in [0.29, 0.717) is 29.4 Å². The summed E-state index contributed by atoms with van der Waals surface area (Å²) >= 11 is 3.36. The molecule has 0 fully saturated rings. The van der Waals surface area contributed by atoms with Crippen LogP contribution in [0.4, 0.5) is 5.82 Å². The standard InChI is InChI=1S/C17H17BrN8O/c1-10-15(17(27)24-21-7-12-3-5-14(18)6-4-12)23-25-26(10)9-13-8-20-11(2)22-16(13)19/h3-8H,9H2,1-2H3,(H,24,27)(H2,19,20,22)/b21-7+. The average Bonchev–Trinajstić information content (AvgIpc) is 3.00. The Kier molecular flexibility index (Phi) is 5.55. The van der Waals surface area contributed by atoms with Gasteiger partial charge in [0, 0.05) is 16.2 Å². The Bertz CT molecular complexity index is 997. The van der Waals surface area contributed by atoms with Crippen LogP contribution in [0.5, 0.6) is 0 Å². The Morgan fingerprint density at radius 1 is 1.33 bits per heavy atom. The lowest BCUT2D eigenvalue weighted by molar-refractivity contribution is 0.0949. The van der Waals surface area contributed by atoms with Crippen LogP contribution >= 0.6 is 15.9 Å². The molecule has 0 unspecified atom stereocenters. The summed E-state index contributed by atoms with van der Waals surface area (Å²) in [6.45, 7) is 3.83. The first-order chi connectivity index (χ1) is 12.9. The third-order valence-electron chi connectivity index (χ3n) is 3.79. The monoisotopic (exact) mass is 428 g/mol. The van der Waals surface area contributed by atoms with Gasteiger partial charge in [0.05, 0.1) is 18.5 Å². The number of hydrogen-bond donors (Lipinski definition) is 2. The van der Waals surface area contributed by atoms with E-state index in [0.717, 1.165) is 10.0 Å². The van der Waals surface area contributed by atoms with Crippen molar-refractivity contribution < 1.29 is 4.79 Å². The van der Waals surface area contributed by atoms with Crippen LogP contribution < -0.4 is 11.2 Å². The minimum atomic E-state index is -0.444. The molecule has 3 N–H and O–H groups in total. The predicted octanol–water partition coefficient (Wildman–Crippen LogP) is 1.84. The van der Waals surface area contributed by atoms with Crippen molar-refractivity contribution in [2.24, 2.45) is 5.10 Å². The molecule has 0 bridgehead atoms. The van der Waals surface area contributed by atoms with Crippen molar-refractivity contribution in [2.45, 2.75) is 20.4 Å². The molecule has 2 aromatic heterocycles. The molecule has 1 amide bonds. The van der Waals surface area contributed by atoms with Crippen LogP contribution in [0.3, 0.4) is 0 Å². The van der Waals surface area contributed by atoms with E-state index in [2.05, 4.69) is 46.7 Å². The molecule has 0 aliphatic carbocycles. The van der Waals surface area contributed by atoms with Crippen molar-refractivity contribution in [1.29, 1.82) is 0 Å². The zero-order valence-corrected chi connectivity index (χ0v) is 16.3. The number of carbonyl (C=O) groups is 1. The number of anilines is 1. The molecular weight excluding hydrogens is 412 g/mol. The first kappa shape index (κ1) is 18.6. The highest BCUT2D eigenvalue weighted by atomic mass is 79.9. The number of nitrogens with one attached hydrogen (secondary N) is 1. The molecule has 3 aromatic rings. The molecule has 0 saturated carbocycles. The molecule has 0 aliphatic rings. The van der Waals surface area contributed by atoms with Gasteiger partial charge in [0.1, 0.15) is 11.6 Å². The van der Waals surface area contributed by atoms with Crippen molar-refractivity contribution in [3.8, 4) is 0 Å². The van der Waals surface area contributed by atoms with Gasteiger partial charge in [-0.1, -0.05) is 33.3 Å². The Labute approximate surface area is 163 Å². The number of aryl methyl sites for hydroxylation is 1. The van der Waals surface area contributed by atoms with E-state index in [4.69, 9.17) is 5.73 Å². The molecule has 10 heteroatoms. The van der Waals surface area contributed by atoms with Crippen LogP contribution in [-0.2, 0) is 6.54 Å². The molecule has 3 rings (SSSR count). The highest BCUT2D eigenvalue weighted by Crippen LogP contribution is 2.12. The summed E-state index contributed by atoms with van der Waals surface area (Å²) in [5, 5.41) is 11.9. The predicted molar refractivity (Wildman–Crippen MR) is 104 cm³/mol. The van der Waals surface area contributed by atoms with Crippen LogP contribution in [0.1, 0.15) is 33.1 Å². The highest BCUT2D eigenvalue weighted by molar-refractivity contribution is 9.10. The Hall–Kier alpha value is -3.14. The van der Waals surface area contributed by atoms with Crippen LogP contribution in [0.15, 0.2) is 40.0 Å². The Balaban J connectivity index is 1.68. The van der Waals surface area contributed by atoms with Crippen LogP contribution in [-0.4, -0.2) is 37.1 Å². The SMILES string of the molecule is Cc1ncc(Cn2nnc(C(=O)N/N=C/c3ccc(Br)cc3)c2C)c(N)n1. The van der Waals surface area contributed by atoms with E-state index in [9.17, 15) is 4.79 Å². The van der Waals surface area contributed by atoms with E-state index >= 15 is 0 Å². The normalized spacial score (nSPS) is 11.1. The topological polar surface area (TPSA) is 124 Å². The van der Waals surface area contributed by atoms with Crippen molar-refractivity contribution >= 4 is 33.9 Å². The van der Waals surface area contributed by atoms with Gasteiger partial charge in [0.25, 0.3) is 5.91 Å². The van der Waals surface area contributed by atoms with E-state index in [1.807, 2.05) is 24.3 Å². The van der Waals surface area contributed by atoms with Gasteiger partial charge in [-0.15, -0.1) is 5.10 Å². The second-order valence-corrected chi connectivity index (χ2v) is 6.68. The maximum Gasteiger partial charge on any atom is 0.293 e. The van der Waals surface area contributed by atoms with E-state index in [1.54, 1.807) is 30.9 Å². The maximum absolute atomic E-state index is 12.3. The van der Waals surface area contributed by atoms with Crippen LogP contribution in [0.2, 0.25) is 0 Å². The summed E-state index contributed by atoms with van der Waals surface area (Å²) in [5.41, 5.74) is 10.7. The van der Waals surface area contributed by atoms with Gasteiger partial charge in [0.2, 0.25) is 0 Å². The second-order valence-electron chi connectivity index (χ2n) is 5.76. The first-order valence-corrected chi connectivity index (χ1v) is 8.80. The molecule has 0 saturated heterocycles. The summed E-state index contributed by atoms with van der Waals surface area (Å²) in [7, 11) is 0. The van der Waals surface area contributed by atoms with Gasteiger partial charge in [-0.25, -0.2) is 20.1 Å². The number of nitrogens with two attached hydrogens (primary N) is 1. The summed E-state index contributed by atoms with van der Waals surface area (Å²) in [6, 6.07) is 7.52. The van der Waals surface area contributed by atoms with Crippen molar-refractivity contribution in [1.82, 2.24) is 30.4 Å². The number of carbonyl (C=O) groups excluding carboxylic acids is 1. The molecule has 138 valence electrons. The third kappa shape index (κ3) is 4.53. The Morgan fingerprint density at radius 2 is 2.07 bits per heavy atom. The second kappa shape index (κ2) is 8.04. The lowest BCUT2D eigenvalue weighted by Crippen LogP contribution is -2.19. The van der Waals surface area contributed by atoms with Gasteiger partial charge in [-0.05, 0) is 31.5 Å². The molecule has 0 radical (unpaired) electrons. The molecule has 0 aliphatic heterocycles. The van der Waals surface area contributed by atoms with Gasteiger partial charge in [-0.2, -0.15) is 5.10 Å². The third-order valence-corrected chi connectivity index (χ3v) is 4.31. The molecule has 9 nitrogen and oxygen atoms in total. The quantitative estimate of drug-likeness (QED) is 0.471. The summed E-state index contributed by atoms with van der Waals surface area (Å²) < 4.78 is 2.54. The minimum absolute atomic E-state index is 0.189. The molecular formula is C17H17BrN8O. The van der Waals surface area contributed by atoms with Crippen molar-refractivity contribution in [3.63, 3.8) is 0 Å². The molecule has 0 spiro atoms. The smallest absolute Gasteiger partial charge is 0.293 e. The summed E-state index contributed by atoms with van der Waals surface area (Å²) in [5.74, 6) is 0.526. The number of nitrogens with zero attached hydrogens (tertiary/aromatic N) is 6. The minimum Gasteiger partial charge on any atom is -0.383 e. The first-order valence-electron chi connectivity index (χ1n) is 8.01. The largest absolute Gasteiger partial charge is 0.383 e. The van der Waals surface area contributed by atoms with Gasteiger partial charge in [0.15, 0.2) is 5.69 Å². The van der Waals surface area contributed by atoms with Gasteiger partial charge in [-0.3, -0.25) is 4.79 Å². The molecule has 2 heterocycles. The van der Waals surface area contributed by atoms with Crippen LogP contribution in [0, 0.1) is 13.8 Å². The number of rotatable bonds is 5. The summed E-state index contributed by atoms with van der Waals surface area (Å²) in [6.07, 6.45) is 3.19. The average molecular weight is 429 g/mol. The number of hydrazone groups is 1. The molecule has 1 aromatic carbocycles. The van der Waals surface area contributed by atoms with Crippen molar-refractivity contribution in [2.75, 3.05) is 5.73 Å². The lowest BCUT2D eigenvalue weighted by Gasteiger charge is -2.06. The highest BCUT2D eigenvalue weighted by Gasteiger charge is 2.17. The van der Waals surface area contributed by atoms with E-state index in [1.165, 1.54) is 0 Å². The van der Waals surface area contributed by atoms with Gasteiger partial charge < -0.3 is 5.73 Å². The number of halogens is 1. The summed E-state index contributed by atoms with van der Waals surface area (Å²) in [4.78, 5) is 20.5. The van der Waals surface area contributed by atoms with Crippen LogP contribution in [0.25, 0.3) is 0 Å². The van der Waals surface area contributed by atoms with E-state index < -0.39 is 5.91 Å². The lowest BCUT2D eigenvalue weighted by atomic mass is 10.2. The zero-order valence-electron chi connectivity index (χ0n) is 14.7. The number of benzene rings is 1. The number of amides is 1. The molecule has 0 atom stereocenters. The van der Waals surface area contributed by atoms with Gasteiger partial charge >= 0.3 is 0 Å². The fourth-order valence-corrected chi connectivity index (χ4v) is 2.55. The molecule has 27 heavy (non-hydrogen) atoms. The fraction of sp³-hybridized carbons (Fsp3) is 0.176. The zero-order chi connectivity index (χ0) is 19.4. The fourth-order valence-electron chi connectivity index (χ4n) is 2.28.